The molecule has 0 amide bonds. The second-order valence-corrected chi connectivity index (χ2v) is 5.99. The lowest BCUT2D eigenvalue weighted by Crippen LogP contribution is -2.30. The van der Waals surface area contributed by atoms with Gasteiger partial charge in [0.15, 0.2) is 0 Å². The SMILES string of the molecule is COCCS(=O)(=O)NCC(Cl)c1ccccc1. The summed E-state index contributed by atoms with van der Waals surface area (Å²) in [5, 5.41) is -0.367. The van der Waals surface area contributed by atoms with E-state index in [1.807, 2.05) is 30.3 Å². The van der Waals surface area contributed by atoms with Crippen molar-refractivity contribution in [3.05, 3.63) is 35.9 Å². The molecule has 96 valence electrons. The Morgan fingerprint density at radius 2 is 2.00 bits per heavy atom. The maximum atomic E-state index is 11.5. The van der Waals surface area contributed by atoms with Crippen LogP contribution in [-0.4, -0.2) is 34.4 Å². The average Bonchev–Trinajstić information content (AvgIpc) is 2.35. The zero-order valence-corrected chi connectivity index (χ0v) is 11.2. The molecule has 0 bridgehead atoms. The van der Waals surface area contributed by atoms with Crippen molar-refractivity contribution in [3.63, 3.8) is 0 Å². The van der Waals surface area contributed by atoms with E-state index in [1.165, 1.54) is 7.11 Å². The summed E-state index contributed by atoms with van der Waals surface area (Å²) in [7, 11) is -1.84. The first kappa shape index (κ1) is 14.4. The fraction of sp³-hybridized carbons (Fsp3) is 0.455. The minimum atomic E-state index is -3.31. The van der Waals surface area contributed by atoms with Gasteiger partial charge in [-0.1, -0.05) is 30.3 Å². The third-order valence-electron chi connectivity index (χ3n) is 2.20. The van der Waals surface area contributed by atoms with Gasteiger partial charge in [-0.3, -0.25) is 0 Å². The van der Waals surface area contributed by atoms with Crippen molar-refractivity contribution in [2.24, 2.45) is 0 Å². The topological polar surface area (TPSA) is 55.4 Å². The Balaban J connectivity index is 2.46. The van der Waals surface area contributed by atoms with Gasteiger partial charge < -0.3 is 4.74 Å². The van der Waals surface area contributed by atoms with Crippen LogP contribution in [-0.2, 0) is 14.8 Å². The number of sulfonamides is 1. The van der Waals surface area contributed by atoms with Crippen molar-refractivity contribution in [1.82, 2.24) is 4.72 Å². The van der Waals surface area contributed by atoms with Gasteiger partial charge in [0.1, 0.15) is 0 Å². The van der Waals surface area contributed by atoms with Gasteiger partial charge >= 0.3 is 0 Å². The number of hydrogen-bond acceptors (Lipinski definition) is 3. The van der Waals surface area contributed by atoms with Crippen LogP contribution in [0.1, 0.15) is 10.9 Å². The Morgan fingerprint density at radius 3 is 2.59 bits per heavy atom. The molecule has 6 heteroatoms. The van der Waals surface area contributed by atoms with E-state index in [0.717, 1.165) is 5.56 Å². The number of methoxy groups -OCH3 is 1. The van der Waals surface area contributed by atoms with Gasteiger partial charge in [0, 0.05) is 13.7 Å². The molecule has 0 saturated carbocycles. The first-order valence-electron chi connectivity index (χ1n) is 5.20. The second kappa shape index (κ2) is 6.96. The molecular formula is C11H16ClNO3S. The summed E-state index contributed by atoms with van der Waals surface area (Å²) in [5.41, 5.74) is 0.892. The lowest BCUT2D eigenvalue weighted by atomic mass is 10.1. The quantitative estimate of drug-likeness (QED) is 0.769. The maximum absolute atomic E-state index is 11.5. The Kier molecular flexibility index (Phi) is 5.91. The van der Waals surface area contributed by atoms with Crippen LogP contribution in [0.25, 0.3) is 0 Å². The molecule has 0 aliphatic rings. The van der Waals surface area contributed by atoms with Gasteiger partial charge in [0.25, 0.3) is 0 Å². The van der Waals surface area contributed by atoms with Gasteiger partial charge in [0.05, 0.1) is 17.7 Å². The number of benzene rings is 1. The maximum Gasteiger partial charge on any atom is 0.213 e. The van der Waals surface area contributed by atoms with Gasteiger partial charge in [-0.15, -0.1) is 11.6 Å². The summed E-state index contributed by atoms with van der Waals surface area (Å²) in [5.74, 6) is -0.0537. The molecule has 0 saturated heterocycles. The monoisotopic (exact) mass is 277 g/mol. The van der Waals surface area contributed by atoms with Crippen LogP contribution in [0.15, 0.2) is 30.3 Å². The van der Waals surface area contributed by atoms with Crippen molar-refractivity contribution in [1.29, 1.82) is 0 Å². The smallest absolute Gasteiger partial charge is 0.213 e. The highest BCUT2D eigenvalue weighted by molar-refractivity contribution is 7.89. The predicted molar refractivity (Wildman–Crippen MR) is 68.7 cm³/mol. The Bertz CT molecular complexity index is 422. The number of nitrogens with one attached hydrogen (secondary N) is 1. The first-order valence-corrected chi connectivity index (χ1v) is 7.29. The molecule has 1 N–H and O–H groups in total. The number of ether oxygens (including phenoxy) is 1. The van der Waals surface area contributed by atoms with Crippen molar-refractivity contribution < 1.29 is 13.2 Å². The Labute approximate surface area is 107 Å². The van der Waals surface area contributed by atoms with E-state index in [-0.39, 0.29) is 24.3 Å². The summed E-state index contributed by atoms with van der Waals surface area (Å²) >= 11 is 6.09. The predicted octanol–water partition coefficient (Wildman–Crippen LogP) is 1.53. The van der Waals surface area contributed by atoms with E-state index < -0.39 is 10.0 Å². The van der Waals surface area contributed by atoms with E-state index in [9.17, 15) is 8.42 Å². The molecule has 0 heterocycles. The van der Waals surface area contributed by atoms with Crippen molar-refractivity contribution in [3.8, 4) is 0 Å². The largest absolute Gasteiger partial charge is 0.384 e. The summed E-state index contributed by atoms with van der Waals surface area (Å²) in [6.45, 7) is 0.352. The second-order valence-electron chi connectivity index (χ2n) is 3.54. The number of alkyl halides is 1. The summed E-state index contributed by atoms with van der Waals surface area (Å²) in [4.78, 5) is 0. The van der Waals surface area contributed by atoms with Gasteiger partial charge in [-0.25, -0.2) is 13.1 Å². The molecule has 1 unspecified atom stereocenters. The van der Waals surface area contributed by atoms with Crippen LogP contribution in [0.2, 0.25) is 0 Å². The van der Waals surface area contributed by atoms with Crippen LogP contribution in [0.4, 0.5) is 0 Å². The first-order chi connectivity index (χ1) is 8.05. The van der Waals surface area contributed by atoms with Crippen LogP contribution in [0.5, 0.6) is 0 Å². The molecule has 17 heavy (non-hydrogen) atoms. The van der Waals surface area contributed by atoms with Gasteiger partial charge in [-0.05, 0) is 5.56 Å². The lowest BCUT2D eigenvalue weighted by molar-refractivity contribution is 0.217. The highest BCUT2D eigenvalue weighted by Crippen LogP contribution is 2.18. The van der Waals surface area contributed by atoms with Crippen LogP contribution in [0.3, 0.4) is 0 Å². The molecule has 0 aliphatic carbocycles. The molecule has 1 atom stereocenters. The van der Waals surface area contributed by atoms with E-state index in [2.05, 4.69) is 4.72 Å². The van der Waals surface area contributed by atoms with Crippen LogP contribution in [0, 0.1) is 0 Å². The summed E-state index contributed by atoms with van der Waals surface area (Å²) < 4.78 is 30.1. The molecule has 1 aromatic carbocycles. The van der Waals surface area contributed by atoms with Crippen LogP contribution < -0.4 is 4.72 Å². The van der Waals surface area contributed by atoms with E-state index in [1.54, 1.807) is 0 Å². The zero-order chi connectivity index (χ0) is 12.7. The summed E-state index contributed by atoms with van der Waals surface area (Å²) in [6.07, 6.45) is 0. The van der Waals surface area contributed by atoms with Crippen LogP contribution >= 0.6 is 11.6 Å². The normalized spacial score (nSPS) is 13.5. The molecule has 0 fully saturated rings. The molecule has 0 aliphatic heterocycles. The number of hydrogen-bond donors (Lipinski definition) is 1. The Morgan fingerprint density at radius 1 is 1.35 bits per heavy atom. The third kappa shape index (κ3) is 5.50. The van der Waals surface area contributed by atoms with Crippen molar-refractivity contribution in [2.75, 3.05) is 26.0 Å². The molecule has 0 aromatic heterocycles. The van der Waals surface area contributed by atoms with E-state index in [4.69, 9.17) is 16.3 Å². The number of rotatable bonds is 7. The highest BCUT2D eigenvalue weighted by atomic mass is 35.5. The Hall–Kier alpha value is -0.620. The minimum Gasteiger partial charge on any atom is -0.384 e. The fourth-order valence-electron chi connectivity index (χ4n) is 1.25. The third-order valence-corrected chi connectivity index (χ3v) is 3.92. The summed E-state index contributed by atoms with van der Waals surface area (Å²) in [6, 6.07) is 9.34. The molecule has 1 rings (SSSR count). The standard InChI is InChI=1S/C11H16ClNO3S/c1-16-7-8-17(14,15)13-9-11(12)10-5-3-2-4-6-10/h2-6,11,13H,7-9H2,1H3. The van der Waals surface area contributed by atoms with E-state index in [0.29, 0.717) is 0 Å². The molecule has 0 spiro atoms. The van der Waals surface area contributed by atoms with Gasteiger partial charge in [-0.2, -0.15) is 0 Å². The number of halogens is 1. The highest BCUT2D eigenvalue weighted by Gasteiger charge is 2.13. The average molecular weight is 278 g/mol. The lowest BCUT2D eigenvalue weighted by Gasteiger charge is -2.11. The molecular weight excluding hydrogens is 262 g/mol. The van der Waals surface area contributed by atoms with Crippen molar-refractivity contribution in [2.45, 2.75) is 5.38 Å². The fourth-order valence-corrected chi connectivity index (χ4v) is 2.51. The van der Waals surface area contributed by atoms with Crippen molar-refractivity contribution >= 4 is 21.6 Å². The molecule has 0 radical (unpaired) electrons. The minimum absolute atomic E-state index is 0.0537. The van der Waals surface area contributed by atoms with E-state index >= 15 is 0 Å². The van der Waals surface area contributed by atoms with Gasteiger partial charge in [0.2, 0.25) is 10.0 Å². The zero-order valence-electron chi connectivity index (χ0n) is 9.60. The molecule has 4 nitrogen and oxygen atoms in total. The molecule has 1 aromatic rings.